The number of furan rings is 1. The van der Waals surface area contributed by atoms with Crippen LogP contribution in [0.3, 0.4) is 0 Å². The van der Waals surface area contributed by atoms with Gasteiger partial charge in [0.2, 0.25) is 5.91 Å². The molecule has 0 spiro atoms. The van der Waals surface area contributed by atoms with Crippen LogP contribution in [0.1, 0.15) is 12.6 Å². The minimum Gasteiger partial charge on any atom is -0.481 e. The summed E-state index contributed by atoms with van der Waals surface area (Å²) in [5.74, 6) is -1.11. The van der Waals surface area contributed by atoms with Crippen LogP contribution in [-0.4, -0.2) is 28.5 Å². The minimum atomic E-state index is -0.931. The van der Waals surface area contributed by atoms with Crippen molar-refractivity contribution in [3.05, 3.63) is 29.5 Å². The van der Waals surface area contributed by atoms with E-state index in [-0.39, 0.29) is 18.9 Å². The van der Waals surface area contributed by atoms with Crippen molar-refractivity contribution in [2.24, 2.45) is 5.92 Å². The van der Waals surface area contributed by atoms with E-state index >= 15 is 0 Å². The highest BCUT2D eigenvalue weighted by molar-refractivity contribution is 7.13. The van der Waals surface area contributed by atoms with Crippen molar-refractivity contribution in [1.29, 1.82) is 0 Å². The maximum absolute atomic E-state index is 11.7. The number of carbonyl (C=O) groups excluding carboxylic acids is 1. The fourth-order valence-corrected chi connectivity index (χ4v) is 2.27. The first-order valence-electron chi connectivity index (χ1n) is 6.04. The molecule has 1 amide bonds. The quantitative estimate of drug-likeness (QED) is 0.847. The van der Waals surface area contributed by atoms with Gasteiger partial charge in [0.1, 0.15) is 0 Å². The summed E-state index contributed by atoms with van der Waals surface area (Å²) in [5.41, 5.74) is 0.641. The van der Waals surface area contributed by atoms with Crippen LogP contribution in [0.5, 0.6) is 0 Å². The third-order valence-electron chi connectivity index (χ3n) is 2.65. The van der Waals surface area contributed by atoms with Crippen molar-refractivity contribution < 1.29 is 19.1 Å². The molecule has 2 N–H and O–H groups in total. The van der Waals surface area contributed by atoms with E-state index in [9.17, 15) is 9.59 Å². The molecule has 20 heavy (non-hydrogen) atoms. The number of thiazole rings is 1. The zero-order valence-electron chi connectivity index (χ0n) is 10.8. The molecule has 1 unspecified atom stereocenters. The van der Waals surface area contributed by atoms with E-state index in [0.717, 1.165) is 5.01 Å². The molecule has 2 heterocycles. The van der Waals surface area contributed by atoms with Crippen molar-refractivity contribution in [2.75, 3.05) is 6.54 Å². The van der Waals surface area contributed by atoms with Crippen LogP contribution in [0.4, 0.5) is 0 Å². The smallest absolute Gasteiger partial charge is 0.308 e. The number of aliphatic carboxylic acids is 1. The van der Waals surface area contributed by atoms with E-state index in [1.54, 1.807) is 30.7 Å². The van der Waals surface area contributed by atoms with Gasteiger partial charge in [-0.25, -0.2) is 4.98 Å². The second-order valence-corrected chi connectivity index (χ2v) is 5.20. The number of nitrogens with zero attached hydrogens (tertiary/aromatic N) is 1. The summed E-state index contributed by atoms with van der Waals surface area (Å²) in [4.78, 5) is 26.6. The molecule has 0 radical (unpaired) electrons. The van der Waals surface area contributed by atoms with E-state index < -0.39 is 11.9 Å². The molecule has 1 atom stereocenters. The largest absolute Gasteiger partial charge is 0.481 e. The summed E-state index contributed by atoms with van der Waals surface area (Å²) in [6.45, 7) is 1.66. The molecular formula is C13H14N2O4S. The molecule has 0 aliphatic heterocycles. The third-order valence-corrected chi connectivity index (χ3v) is 3.56. The topological polar surface area (TPSA) is 92.4 Å². The van der Waals surface area contributed by atoms with Crippen molar-refractivity contribution >= 4 is 23.2 Å². The highest BCUT2D eigenvalue weighted by Crippen LogP contribution is 2.23. The van der Waals surface area contributed by atoms with Gasteiger partial charge in [-0.3, -0.25) is 9.59 Å². The average molecular weight is 294 g/mol. The van der Waals surface area contributed by atoms with E-state index in [1.807, 2.05) is 0 Å². The van der Waals surface area contributed by atoms with Crippen molar-refractivity contribution in [2.45, 2.75) is 13.3 Å². The number of aromatic nitrogens is 1. The Hall–Kier alpha value is -2.15. The lowest BCUT2D eigenvalue weighted by atomic mass is 10.2. The molecule has 2 rings (SSSR count). The summed E-state index contributed by atoms with van der Waals surface area (Å²) in [6.07, 6.45) is 1.69. The van der Waals surface area contributed by atoms with Gasteiger partial charge >= 0.3 is 5.97 Å². The molecule has 0 bridgehead atoms. The number of amides is 1. The fraction of sp³-hybridized carbons (Fsp3) is 0.308. The molecule has 0 aromatic carbocycles. The van der Waals surface area contributed by atoms with Gasteiger partial charge in [0.25, 0.3) is 0 Å². The molecule has 2 aromatic heterocycles. The molecule has 0 saturated heterocycles. The maximum Gasteiger partial charge on any atom is 0.308 e. The molecule has 0 saturated carbocycles. The lowest BCUT2D eigenvalue weighted by Gasteiger charge is -2.07. The Bertz CT molecular complexity index is 591. The molecule has 7 heteroatoms. The van der Waals surface area contributed by atoms with E-state index in [0.29, 0.717) is 11.5 Å². The summed E-state index contributed by atoms with van der Waals surface area (Å²) in [7, 11) is 0. The van der Waals surface area contributed by atoms with Crippen LogP contribution in [0.15, 0.2) is 28.2 Å². The molecule has 106 valence electrons. The lowest BCUT2D eigenvalue weighted by Crippen LogP contribution is -2.32. The Morgan fingerprint density at radius 2 is 2.35 bits per heavy atom. The molecule has 0 aliphatic carbocycles. The Balaban J connectivity index is 1.87. The van der Waals surface area contributed by atoms with E-state index in [1.165, 1.54) is 11.3 Å². The molecule has 0 aliphatic rings. The fourth-order valence-electron chi connectivity index (χ4n) is 1.48. The number of carboxylic acid groups (broad SMARTS) is 1. The van der Waals surface area contributed by atoms with Crippen LogP contribution < -0.4 is 5.32 Å². The van der Waals surface area contributed by atoms with Crippen molar-refractivity contribution in [3.63, 3.8) is 0 Å². The third kappa shape index (κ3) is 3.67. The van der Waals surface area contributed by atoms with Gasteiger partial charge in [-0.2, -0.15) is 0 Å². The minimum absolute atomic E-state index is 0.114. The van der Waals surface area contributed by atoms with E-state index in [4.69, 9.17) is 9.52 Å². The van der Waals surface area contributed by atoms with Crippen LogP contribution in [-0.2, 0) is 16.0 Å². The van der Waals surface area contributed by atoms with Crippen LogP contribution in [0, 0.1) is 5.92 Å². The SMILES string of the molecule is CC(CNC(=O)Cc1csc(-c2ccco2)n1)C(=O)O. The second-order valence-electron chi connectivity index (χ2n) is 4.34. The van der Waals surface area contributed by atoms with Gasteiger partial charge < -0.3 is 14.8 Å². The highest BCUT2D eigenvalue weighted by atomic mass is 32.1. The van der Waals surface area contributed by atoms with Gasteiger partial charge in [0.15, 0.2) is 10.8 Å². The van der Waals surface area contributed by atoms with Crippen LogP contribution in [0.2, 0.25) is 0 Å². The number of carboxylic acids is 1. The highest BCUT2D eigenvalue weighted by Gasteiger charge is 2.14. The summed E-state index contributed by atoms with van der Waals surface area (Å²) in [5, 5.41) is 13.8. The van der Waals surface area contributed by atoms with Crippen LogP contribution in [0.25, 0.3) is 10.8 Å². The Kier molecular flexibility index (Phi) is 4.52. The first kappa shape index (κ1) is 14.3. The number of hydrogen-bond acceptors (Lipinski definition) is 5. The number of rotatable bonds is 6. The molecular weight excluding hydrogens is 280 g/mol. The number of carbonyl (C=O) groups is 2. The predicted octanol–water partition coefficient (Wildman–Crippen LogP) is 1.78. The summed E-state index contributed by atoms with van der Waals surface area (Å²) >= 11 is 1.40. The Morgan fingerprint density at radius 1 is 1.55 bits per heavy atom. The first-order chi connectivity index (χ1) is 9.56. The first-order valence-corrected chi connectivity index (χ1v) is 6.92. The van der Waals surface area contributed by atoms with Crippen molar-refractivity contribution in [3.8, 4) is 10.8 Å². The van der Waals surface area contributed by atoms with Gasteiger partial charge in [0, 0.05) is 11.9 Å². The van der Waals surface area contributed by atoms with Crippen molar-refractivity contribution in [1.82, 2.24) is 10.3 Å². The van der Waals surface area contributed by atoms with Gasteiger partial charge in [0.05, 0.1) is 24.3 Å². The maximum atomic E-state index is 11.7. The number of nitrogens with one attached hydrogen (secondary N) is 1. The standard InChI is InChI=1S/C13H14N2O4S/c1-8(13(17)18)6-14-11(16)5-9-7-20-12(15-9)10-3-2-4-19-10/h2-4,7-8H,5-6H2,1H3,(H,14,16)(H,17,18). The zero-order chi connectivity index (χ0) is 14.5. The van der Waals surface area contributed by atoms with Gasteiger partial charge in [-0.15, -0.1) is 11.3 Å². The second kappa shape index (κ2) is 6.33. The lowest BCUT2D eigenvalue weighted by molar-refractivity contribution is -0.141. The van der Waals surface area contributed by atoms with E-state index in [2.05, 4.69) is 10.3 Å². The number of hydrogen-bond donors (Lipinski definition) is 2. The molecule has 2 aromatic rings. The average Bonchev–Trinajstić information content (AvgIpc) is 3.05. The summed E-state index contributed by atoms with van der Waals surface area (Å²) in [6, 6.07) is 3.58. The molecule has 0 fully saturated rings. The Morgan fingerprint density at radius 3 is 3.00 bits per heavy atom. The predicted molar refractivity (Wildman–Crippen MR) is 73.3 cm³/mol. The Labute approximate surface area is 119 Å². The van der Waals surface area contributed by atoms with Gasteiger partial charge in [-0.05, 0) is 12.1 Å². The normalized spacial score (nSPS) is 12.1. The monoisotopic (exact) mass is 294 g/mol. The summed E-state index contributed by atoms with van der Waals surface area (Å²) < 4.78 is 5.23. The zero-order valence-corrected chi connectivity index (χ0v) is 11.6. The molecule has 6 nitrogen and oxygen atoms in total. The van der Waals surface area contributed by atoms with Crippen LogP contribution >= 0.6 is 11.3 Å². The van der Waals surface area contributed by atoms with Gasteiger partial charge in [-0.1, -0.05) is 6.92 Å².